The molecule has 5 rings (SSSR count). The number of anilines is 1. The number of halogens is 2. The number of methoxy groups -OCH3 is 1. The molecule has 1 unspecified atom stereocenters. The van der Waals surface area contributed by atoms with E-state index in [1.807, 2.05) is 37.3 Å². The summed E-state index contributed by atoms with van der Waals surface area (Å²) in [5.74, 6) is -0.234. The van der Waals surface area contributed by atoms with Gasteiger partial charge in [0.25, 0.3) is 0 Å². The molecule has 2 saturated heterocycles. The maximum Gasteiger partial charge on any atom is 0.317 e. The van der Waals surface area contributed by atoms with E-state index in [0.717, 1.165) is 42.9 Å². The number of rotatable bonds is 9. The molecule has 3 N–H and O–H groups in total. The van der Waals surface area contributed by atoms with Crippen molar-refractivity contribution < 1.29 is 27.8 Å². The molecule has 0 aliphatic carbocycles. The van der Waals surface area contributed by atoms with Crippen LogP contribution >= 0.6 is 0 Å². The highest BCUT2D eigenvalue weighted by Crippen LogP contribution is 2.32. The molecule has 9 nitrogen and oxygen atoms in total. The van der Waals surface area contributed by atoms with Crippen molar-refractivity contribution in [3.63, 3.8) is 0 Å². The predicted molar refractivity (Wildman–Crippen MR) is 148 cm³/mol. The lowest BCUT2D eigenvalue weighted by molar-refractivity contribution is -0.120. The Morgan fingerprint density at radius 1 is 1.20 bits per heavy atom. The van der Waals surface area contributed by atoms with Crippen LogP contribution < -0.4 is 15.8 Å². The molecule has 1 atom stereocenters. The molecule has 1 aromatic heterocycles. The van der Waals surface area contributed by atoms with Crippen LogP contribution in [0.3, 0.4) is 0 Å². The molecule has 0 spiro atoms. The van der Waals surface area contributed by atoms with Crippen LogP contribution in [0.25, 0.3) is 5.69 Å². The number of hydrogen-bond donors (Lipinski definition) is 2. The zero-order valence-electron chi connectivity index (χ0n) is 23.2. The molecule has 2 aliphatic heterocycles. The quantitative estimate of drug-likeness (QED) is 0.402. The van der Waals surface area contributed by atoms with Crippen molar-refractivity contribution in [3.8, 4) is 11.6 Å². The zero-order chi connectivity index (χ0) is 28.7. The number of nitrogens with one attached hydrogen (secondary N) is 1. The lowest BCUT2D eigenvalue weighted by Gasteiger charge is -2.37. The Morgan fingerprint density at radius 3 is 2.58 bits per heavy atom. The number of nitrogens with zero attached hydrogens (tertiary/aromatic N) is 3. The minimum Gasteiger partial charge on any atom is -0.476 e. The van der Waals surface area contributed by atoms with Crippen LogP contribution in [0.4, 0.5) is 19.4 Å². The van der Waals surface area contributed by atoms with Crippen molar-refractivity contribution in [3.05, 3.63) is 71.3 Å². The minimum absolute atomic E-state index is 0.0141. The van der Waals surface area contributed by atoms with E-state index in [0.29, 0.717) is 44.0 Å². The molecule has 2 fully saturated rings. The molecule has 3 heterocycles. The summed E-state index contributed by atoms with van der Waals surface area (Å²) in [5, 5.41) is 7.10. The fraction of sp³-hybridized carbons (Fsp3) is 0.448. The van der Waals surface area contributed by atoms with Crippen molar-refractivity contribution in [1.82, 2.24) is 14.7 Å². The summed E-state index contributed by atoms with van der Waals surface area (Å²) in [6.07, 6.45) is 0.995. The Balaban J connectivity index is 0.000000194. The number of benzene rings is 2. The van der Waals surface area contributed by atoms with E-state index in [1.165, 1.54) is 12.1 Å². The number of ether oxygens (including phenoxy) is 3. The van der Waals surface area contributed by atoms with Crippen LogP contribution in [-0.2, 0) is 9.47 Å². The second-order valence-corrected chi connectivity index (χ2v) is 10.6. The van der Waals surface area contributed by atoms with Crippen LogP contribution in [0.2, 0.25) is 0 Å². The third-order valence-electron chi connectivity index (χ3n) is 7.08. The maximum atomic E-state index is 13.1. The standard InChI is InChI=1S/C16H20N4O3.C13H17F2NO/c1-11-13(18-15(17)21)20(12-6-4-3-5-7-12)19-14(11)23-10-16(2)8-22-9-16;1-17-7-6-16-5-4-11(9-16)10-2-3-12(14)13(15)8-10/h3-7H,8-10H2,1-2H3,(H3,17,18,21);2-3,8,11H,4-7,9H2,1H3. The highest BCUT2D eigenvalue weighted by Gasteiger charge is 2.35. The van der Waals surface area contributed by atoms with Crippen molar-refractivity contribution in [2.75, 3.05) is 58.5 Å². The smallest absolute Gasteiger partial charge is 0.317 e. The molecular weight excluding hydrogens is 520 g/mol. The van der Waals surface area contributed by atoms with Gasteiger partial charge >= 0.3 is 6.03 Å². The van der Waals surface area contributed by atoms with Crippen LogP contribution in [0, 0.1) is 24.0 Å². The Hall–Kier alpha value is -3.54. The Bertz CT molecular complexity index is 1280. The number of nitrogens with two attached hydrogens (primary N) is 1. The van der Waals surface area contributed by atoms with Crippen molar-refractivity contribution in [2.24, 2.45) is 11.1 Å². The average molecular weight is 558 g/mol. The lowest BCUT2D eigenvalue weighted by Crippen LogP contribution is -2.44. The van der Waals surface area contributed by atoms with Gasteiger partial charge in [-0.25, -0.2) is 18.3 Å². The first kappa shape index (κ1) is 29.4. The molecular formula is C29H37F2N5O4. The van der Waals surface area contributed by atoms with Crippen LogP contribution in [-0.4, -0.2) is 73.9 Å². The van der Waals surface area contributed by atoms with Gasteiger partial charge in [-0.2, -0.15) is 0 Å². The van der Waals surface area contributed by atoms with Gasteiger partial charge < -0.3 is 24.8 Å². The van der Waals surface area contributed by atoms with Gasteiger partial charge in [-0.05, 0) is 55.6 Å². The lowest BCUT2D eigenvalue weighted by atomic mass is 9.90. The number of hydrogen-bond acceptors (Lipinski definition) is 6. The van der Waals surface area contributed by atoms with E-state index in [9.17, 15) is 13.6 Å². The third-order valence-corrected chi connectivity index (χ3v) is 7.08. The van der Waals surface area contributed by atoms with Gasteiger partial charge in [0.2, 0.25) is 5.88 Å². The fourth-order valence-electron chi connectivity index (χ4n) is 4.70. The van der Waals surface area contributed by atoms with Gasteiger partial charge in [0.1, 0.15) is 5.82 Å². The third kappa shape index (κ3) is 7.35. The summed E-state index contributed by atoms with van der Waals surface area (Å²) in [6.45, 7) is 9.31. The molecule has 0 saturated carbocycles. The highest BCUT2D eigenvalue weighted by molar-refractivity contribution is 5.88. The largest absolute Gasteiger partial charge is 0.476 e. The summed E-state index contributed by atoms with van der Waals surface area (Å²) in [4.78, 5) is 13.6. The summed E-state index contributed by atoms with van der Waals surface area (Å²) in [6, 6.07) is 13.1. The van der Waals surface area contributed by atoms with E-state index in [2.05, 4.69) is 22.2 Å². The molecule has 0 radical (unpaired) electrons. The second kappa shape index (κ2) is 13.2. The van der Waals surface area contributed by atoms with Gasteiger partial charge in [0, 0.05) is 25.6 Å². The van der Waals surface area contributed by atoms with Gasteiger partial charge in [0.15, 0.2) is 11.6 Å². The Kier molecular flexibility index (Phi) is 9.72. The number of para-hydroxylation sites is 1. The molecule has 11 heteroatoms. The predicted octanol–water partition coefficient (Wildman–Crippen LogP) is 4.49. The van der Waals surface area contributed by atoms with E-state index in [-0.39, 0.29) is 5.41 Å². The molecule has 216 valence electrons. The molecule has 2 amide bonds. The highest BCUT2D eigenvalue weighted by atomic mass is 19.2. The van der Waals surface area contributed by atoms with Gasteiger partial charge in [-0.15, -0.1) is 5.10 Å². The molecule has 40 heavy (non-hydrogen) atoms. The molecule has 0 bridgehead atoms. The van der Waals surface area contributed by atoms with Crippen LogP contribution in [0.5, 0.6) is 5.88 Å². The first-order valence-electron chi connectivity index (χ1n) is 13.3. The van der Waals surface area contributed by atoms with E-state index >= 15 is 0 Å². The van der Waals surface area contributed by atoms with Gasteiger partial charge in [-0.3, -0.25) is 5.32 Å². The summed E-state index contributed by atoms with van der Waals surface area (Å²) in [7, 11) is 1.68. The van der Waals surface area contributed by atoms with Crippen LogP contribution in [0.15, 0.2) is 48.5 Å². The van der Waals surface area contributed by atoms with Gasteiger partial charge in [0.05, 0.1) is 37.7 Å². The summed E-state index contributed by atoms with van der Waals surface area (Å²) < 4.78 is 43.7. The van der Waals surface area contributed by atoms with E-state index in [1.54, 1.807) is 17.9 Å². The van der Waals surface area contributed by atoms with Gasteiger partial charge in [-0.1, -0.05) is 31.2 Å². The SMILES string of the molecule is COCCN1CCC(c2ccc(F)c(F)c2)C1.Cc1c(OCC2(C)COC2)nn(-c2ccccc2)c1NC(N)=O. The second-order valence-electron chi connectivity index (χ2n) is 10.6. The van der Waals surface area contributed by atoms with Crippen molar-refractivity contribution >= 4 is 11.8 Å². The number of primary amides is 1. The first-order valence-corrected chi connectivity index (χ1v) is 13.3. The van der Waals surface area contributed by atoms with Crippen LogP contribution in [0.1, 0.15) is 30.4 Å². The maximum absolute atomic E-state index is 13.1. The topological polar surface area (TPSA) is 104 Å². The number of urea groups is 1. The number of carbonyl (C=O) groups is 1. The zero-order valence-corrected chi connectivity index (χ0v) is 23.2. The Labute approximate surface area is 233 Å². The Morgan fingerprint density at radius 2 is 1.95 bits per heavy atom. The number of likely N-dealkylation sites (tertiary alicyclic amines) is 1. The van der Waals surface area contributed by atoms with Crippen molar-refractivity contribution in [2.45, 2.75) is 26.2 Å². The van der Waals surface area contributed by atoms with E-state index in [4.69, 9.17) is 19.9 Å². The van der Waals surface area contributed by atoms with Crippen molar-refractivity contribution in [1.29, 1.82) is 0 Å². The monoisotopic (exact) mass is 557 g/mol. The fourth-order valence-corrected chi connectivity index (χ4v) is 4.70. The average Bonchev–Trinajstić information content (AvgIpc) is 3.52. The minimum atomic E-state index is -0.775. The summed E-state index contributed by atoms with van der Waals surface area (Å²) in [5.41, 5.74) is 7.73. The number of carbonyl (C=O) groups excluding carboxylic acids is 1. The normalized spacial score (nSPS) is 18.0. The number of aromatic nitrogens is 2. The molecule has 3 aromatic rings. The number of amides is 2. The summed E-state index contributed by atoms with van der Waals surface area (Å²) >= 11 is 0. The molecule has 2 aromatic carbocycles. The molecule has 2 aliphatic rings. The first-order chi connectivity index (χ1) is 19.2. The van der Waals surface area contributed by atoms with E-state index < -0.39 is 17.7 Å².